The van der Waals surface area contributed by atoms with E-state index in [1.165, 1.54) is 0 Å². The molecular formula is C48H78O16. The Kier molecular flexibility index (Phi) is 14.1. The van der Waals surface area contributed by atoms with E-state index in [1.807, 2.05) is 20.8 Å². The SMILES string of the molecule is COC1CC(OC2C(C)OC(OC3C(O)CC(OC4C(C)OC(OC5CCC6(C)C(CCC78OC(C)C9CCC(=O)C9(C)C(CC76)O8)C5)CC4OC)OC3C)CC2OC)OC(C)C1O. The molecular weight excluding hydrogens is 833 g/mol. The van der Waals surface area contributed by atoms with Gasteiger partial charge in [0.25, 0.3) is 0 Å². The van der Waals surface area contributed by atoms with Crippen LogP contribution in [-0.4, -0.2) is 160 Å². The summed E-state index contributed by atoms with van der Waals surface area (Å²) in [6.45, 7) is 14.3. The lowest BCUT2D eigenvalue weighted by Crippen LogP contribution is -2.58. The Hall–Kier alpha value is -0.930. The first-order chi connectivity index (χ1) is 30.5. The quantitative estimate of drug-likeness (QED) is 0.266. The van der Waals surface area contributed by atoms with Crippen LogP contribution in [0.3, 0.4) is 0 Å². The summed E-state index contributed by atoms with van der Waals surface area (Å²) in [7, 11) is 4.88. The first-order valence-electron chi connectivity index (χ1n) is 24.6. The van der Waals surface area contributed by atoms with Gasteiger partial charge in [0.15, 0.2) is 30.9 Å². The van der Waals surface area contributed by atoms with E-state index in [1.54, 1.807) is 28.3 Å². The monoisotopic (exact) mass is 911 g/mol. The number of carbonyl (C=O) groups is 1. The van der Waals surface area contributed by atoms with E-state index >= 15 is 0 Å². The highest BCUT2D eigenvalue weighted by atomic mass is 16.8. The van der Waals surface area contributed by atoms with Crippen LogP contribution in [0.5, 0.6) is 0 Å². The first-order valence-corrected chi connectivity index (χ1v) is 24.6. The van der Waals surface area contributed by atoms with Gasteiger partial charge in [0.05, 0.1) is 72.6 Å². The number of ether oxygens (including phenoxy) is 13. The molecule has 9 rings (SSSR count). The van der Waals surface area contributed by atoms with Crippen molar-refractivity contribution >= 4 is 5.78 Å². The Morgan fingerprint density at radius 2 is 1.12 bits per heavy atom. The van der Waals surface area contributed by atoms with Crippen LogP contribution in [-0.2, 0) is 66.4 Å². The summed E-state index contributed by atoms with van der Waals surface area (Å²) in [4.78, 5) is 13.4. The third-order valence-corrected chi connectivity index (χ3v) is 17.8. The predicted molar refractivity (Wildman–Crippen MR) is 226 cm³/mol. The molecule has 9 aliphatic rings. The Morgan fingerprint density at radius 1 is 0.578 bits per heavy atom. The minimum absolute atomic E-state index is 0.00183. The van der Waals surface area contributed by atoms with Crippen molar-refractivity contribution < 1.29 is 76.6 Å². The van der Waals surface area contributed by atoms with Gasteiger partial charge in [-0.2, -0.15) is 0 Å². The lowest BCUT2D eigenvalue weighted by Gasteiger charge is -2.57. The molecule has 16 heteroatoms. The van der Waals surface area contributed by atoms with Crippen LogP contribution in [0, 0.1) is 28.6 Å². The number of hydrogen-bond donors (Lipinski definition) is 2. The Balaban J connectivity index is 0.753. The Labute approximate surface area is 379 Å². The summed E-state index contributed by atoms with van der Waals surface area (Å²) in [5.41, 5.74) is -0.429. The maximum Gasteiger partial charge on any atom is 0.172 e. The van der Waals surface area contributed by atoms with Gasteiger partial charge in [-0.3, -0.25) is 4.79 Å². The smallest absolute Gasteiger partial charge is 0.172 e. The molecule has 6 heterocycles. The molecule has 25 unspecified atom stereocenters. The second-order valence-corrected chi connectivity index (χ2v) is 21.4. The zero-order valence-electron chi connectivity index (χ0n) is 39.8. The number of hydrogen-bond acceptors (Lipinski definition) is 16. The zero-order chi connectivity index (χ0) is 45.5. The molecule has 1 spiro atoms. The molecule has 0 radical (unpaired) electrons. The fourth-order valence-electron chi connectivity index (χ4n) is 14.1. The highest BCUT2D eigenvalue weighted by molar-refractivity contribution is 5.88. The highest BCUT2D eigenvalue weighted by Gasteiger charge is 2.70. The largest absolute Gasteiger partial charge is 0.390 e. The van der Waals surface area contributed by atoms with Crippen molar-refractivity contribution in [3.8, 4) is 0 Å². The van der Waals surface area contributed by atoms with Crippen molar-refractivity contribution in [3.05, 3.63) is 0 Å². The van der Waals surface area contributed by atoms with Crippen molar-refractivity contribution in [2.75, 3.05) is 21.3 Å². The van der Waals surface area contributed by atoms with Crippen molar-refractivity contribution in [1.29, 1.82) is 0 Å². The number of Topliss-reactive ketones (excluding diaryl/α,β-unsaturated/α-hetero) is 1. The summed E-state index contributed by atoms with van der Waals surface area (Å²) in [5.74, 6) is 0.674. The normalized spacial score (nSPS) is 55.3. The molecule has 3 saturated carbocycles. The molecule has 9 fully saturated rings. The van der Waals surface area contributed by atoms with Crippen LogP contribution >= 0.6 is 0 Å². The fraction of sp³-hybridized carbons (Fsp3) is 0.979. The van der Waals surface area contributed by atoms with Gasteiger partial charge in [0, 0.05) is 71.7 Å². The predicted octanol–water partition coefficient (Wildman–Crippen LogP) is 4.94. The van der Waals surface area contributed by atoms with Gasteiger partial charge in [-0.15, -0.1) is 0 Å². The van der Waals surface area contributed by atoms with Gasteiger partial charge in [0.2, 0.25) is 0 Å². The second-order valence-electron chi connectivity index (χ2n) is 21.4. The minimum atomic E-state index is -0.888. The minimum Gasteiger partial charge on any atom is -0.390 e. The van der Waals surface area contributed by atoms with E-state index < -0.39 is 91.3 Å². The zero-order valence-corrected chi connectivity index (χ0v) is 39.8. The topological polar surface area (TPSA) is 178 Å². The number of methoxy groups -OCH3 is 3. The highest BCUT2D eigenvalue weighted by Crippen LogP contribution is 2.67. The standard InChI is InChI=1S/C48H78O16/c1-23-30-11-12-36(50)47(30,7)37-22-35-46(6)15-14-29(17-28(46)13-16-48(35,63-23)64-37)59-39-20-33(53-9)44(26(4)57-39)61-38-18-31(49)43(25(3)56-38)60-41-21-34(54-10)45(27(5)58-41)62-40-19-32(52-8)42(51)24(2)55-40/h23-35,37-45,49,51H,11-22H2,1-10H3. The van der Waals surface area contributed by atoms with E-state index in [4.69, 9.17) is 61.6 Å². The van der Waals surface area contributed by atoms with Gasteiger partial charge in [-0.05, 0) is 91.4 Å². The summed E-state index contributed by atoms with van der Waals surface area (Å²) < 4.78 is 82.5. The molecule has 0 amide bonds. The van der Waals surface area contributed by atoms with Gasteiger partial charge in [-0.1, -0.05) is 6.92 Å². The van der Waals surface area contributed by atoms with Crippen LogP contribution in [0.2, 0.25) is 0 Å². The molecule has 0 aromatic heterocycles. The molecule has 6 aliphatic heterocycles. The summed E-state index contributed by atoms with van der Waals surface area (Å²) in [5, 5.41) is 21.9. The van der Waals surface area contributed by atoms with Crippen molar-refractivity contribution in [2.24, 2.45) is 28.6 Å². The molecule has 3 aliphatic carbocycles. The van der Waals surface area contributed by atoms with E-state index in [-0.39, 0.29) is 60.3 Å². The number of aliphatic hydroxyl groups is 2. The van der Waals surface area contributed by atoms with E-state index in [9.17, 15) is 15.0 Å². The average molecular weight is 911 g/mol. The van der Waals surface area contributed by atoms with Crippen LogP contribution in [0.25, 0.3) is 0 Å². The van der Waals surface area contributed by atoms with Gasteiger partial charge < -0.3 is 71.8 Å². The molecule has 2 bridgehead atoms. The summed E-state index contributed by atoms with van der Waals surface area (Å²) in [6.07, 6.45) is 0.0931. The maximum atomic E-state index is 13.4. The fourth-order valence-corrected chi connectivity index (χ4v) is 14.1. The van der Waals surface area contributed by atoms with Crippen LogP contribution in [0.1, 0.15) is 126 Å². The van der Waals surface area contributed by atoms with Gasteiger partial charge in [-0.25, -0.2) is 0 Å². The molecule has 366 valence electrons. The second kappa shape index (κ2) is 18.8. The molecule has 2 N–H and O–H groups in total. The third kappa shape index (κ3) is 8.60. The van der Waals surface area contributed by atoms with Crippen LogP contribution < -0.4 is 0 Å². The molecule has 64 heavy (non-hydrogen) atoms. The van der Waals surface area contributed by atoms with Gasteiger partial charge in [0.1, 0.15) is 30.2 Å². The molecule has 0 aromatic rings. The van der Waals surface area contributed by atoms with Gasteiger partial charge >= 0.3 is 0 Å². The lowest BCUT2D eigenvalue weighted by molar-refractivity contribution is -0.346. The summed E-state index contributed by atoms with van der Waals surface area (Å²) >= 11 is 0. The van der Waals surface area contributed by atoms with Crippen molar-refractivity contribution in [3.63, 3.8) is 0 Å². The maximum absolute atomic E-state index is 13.4. The number of carbonyl (C=O) groups excluding carboxylic acids is 1. The molecule has 25 atom stereocenters. The Bertz CT molecular complexity index is 1610. The van der Waals surface area contributed by atoms with E-state index in [0.29, 0.717) is 37.4 Å². The van der Waals surface area contributed by atoms with E-state index in [2.05, 4.69) is 20.8 Å². The molecule has 6 saturated heterocycles. The third-order valence-electron chi connectivity index (χ3n) is 17.8. The van der Waals surface area contributed by atoms with Crippen molar-refractivity contribution in [2.45, 2.75) is 248 Å². The van der Waals surface area contributed by atoms with Crippen LogP contribution in [0.15, 0.2) is 0 Å². The molecule has 0 aromatic carbocycles. The molecule has 16 nitrogen and oxygen atoms in total. The van der Waals surface area contributed by atoms with Crippen LogP contribution in [0.4, 0.5) is 0 Å². The first kappa shape index (κ1) is 48.1. The number of ketones is 1. The number of rotatable bonds is 11. The van der Waals surface area contributed by atoms with Crippen molar-refractivity contribution in [1.82, 2.24) is 0 Å². The van der Waals surface area contributed by atoms with E-state index in [0.717, 1.165) is 44.9 Å². The number of aliphatic hydroxyl groups excluding tert-OH is 2. The lowest BCUT2D eigenvalue weighted by atomic mass is 9.52. The average Bonchev–Trinajstić information content (AvgIpc) is 3.77. The Morgan fingerprint density at radius 3 is 1.73 bits per heavy atom. The number of fused-ring (bicyclic) bond motifs is 5. The summed E-state index contributed by atoms with van der Waals surface area (Å²) in [6, 6.07) is 0.